The molecule has 0 aliphatic rings. The summed E-state index contributed by atoms with van der Waals surface area (Å²) in [5.74, 6) is 0.558. The molecule has 1 atom stereocenters. The smallest absolute Gasteiger partial charge is 0.253 e. The molecule has 0 spiro atoms. The molecule has 0 aliphatic heterocycles. The third kappa shape index (κ3) is 5.52. The number of para-hydroxylation sites is 1. The summed E-state index contributed by atoms with van der Waals surface area (Å²) in [5, 5.41) is 14.2. The quantitative estimate of drug-likeness (QED) is 0.277. The molecule has 0 aliphatic carbocycles. The molecule has 3 aromatic carbocycles. The van der Waals surface area contributed by atoms with Gasteiger partial charge >= 0.3 is 0 Å². The zero-order valence-corrected chi connectivity index (χ0v) is 22.1. The summed E-state index contributed by atoms with van der Waals surface area (Å²) in [6.07, 6.45) is 0. The molecule has 5 aromatic rings. The number of nitrogens with one attached hydrogen (secondary N) is 1. The van der Waals surface area contributed by atoms with Gasteiger partial charge in [-0.15, -0.1) is 5.10 Å². The van der Waals surface area contributed by atoms with Crippen molar-refractivity contribution < 1.29 is 4.74 Å². The summed E-state index contributed by atoms with van der Waals surface area (Å²) < 4.78 is 7.01. The number of nitrogens with zero attached hydrogens (tertiary/aromatic N) is 5. The predicted molar refractivity (Wildman–Crippen MR) is 148 cm³/mol. The van der Waals surface area contributed by atoms with Crippen molar-refractivity contribution in [3.63, 3.8) is 0 Å². The lowest BCUT2D eigenvalue weighted by molar-refractivity contribution is 0.169. The van der Waals surface area contributed by atoms with E-state index in [4.69, 9.17) is 16.3 Å². The first-order valence-corrected chi connectivity index (χ1v) is 12.8. The minimum atomic E-state index is -0.563. The van der Waals surface area contributed by atoms with E-state index in [9.17, 15) is 4.79 Å². The van der Waals surface area contributed by atoms with Crippen LogP contribution < -0.4 is 5.56 Å². The summed E-state index contributed by atoms with van der Waals surface area (Å²) >= 11 is 6.62. The predicted octanol–water partition coefficient (Wildman–Crippen LogP) is 4.91. The Bertz CT molecular complexity index is 1580. The second-order valence-corrected chi connectivity index (χ2v) is 9.64. The molecular formula is C29H29ClN6O2. The fourth-order valence-corrected chi connectivity index (χ4v) is 4.94. The van der Waals surface area contributed by atoms with Crippen LogP contribution in [0.25, 0.3) is 10.9 Å². The van der Waals surface area contributed by atoms with Crippen molar-refractivity contribution in [1.29, 1.82) is 0 Å². The first-order chi connectivity index (χ1) is 18.5. The van der Waals surface area contributed by atoms with Crippen molar-refractivity contribution >= 4 is 22.5 Å². The molecule has 9 heteroatoms. The van der Waals surface area contributed by atoms with Gasteiger partial charge in [0.1, 0.15) is 6.04 Å². The number of hydrogen-bond acceptors (Lipinski definition) is 6. The first-order valence-electron chi connectivity index (χ1n) is 12.4. The molecular weight excluding hydrogens is 500 g/mol. The number of hydrogen-bond donors (Lipinski definition) is 1. The lowest BCUT2D eigenvalue weighted by Crippen LogP contribution is -2.35. The number of tetrazole rings is 1. The van der Waals surface area contributed by atoms with Gasteiger partial charge in [0.25, 0.3) is 5.56 Å². The Morgan fingerprint density at radius 3 is 2.61 bits per heavy atom. The summed E-state index contributed by atoms with van der Waals surface area (Å²) in [7, 11) is 1.64. The molecule has 2 aromatic heterocycles. The van der Waals surface area contributed by atoms with Gasteiger partial charge in [-0.25, -0.2) is 4.68 Å². The van der Waals surface area contributed by atoms with E-state index in [0.29, 0.717) is 42.7 Å². The zero-order chi connectivity index (χ0) is 26.5. The molecule has 0 bridgehead atoms. The van der Waals surface area contributed by atoms with Crippen LogP contribution in [0.1, 0.15) is 34.1 Å². The van der Waals surface area contributed by atoms with Crippen LogP contribution >= 0.6 is 11.6 Å². The molecule has 5 rings (SSSR count). The summed E-state index contributed by atoms with van der Waals surface area (Å²) in [4.78, 5) is 19.0. The van der Waals surface area contributed by atoms with Crippen molar-refractivity contribution in [3.05, 3.63) is 122 Å². The topological polar surface area (TPSA) is 88.9 Å². The van der Waals surface area contributed by atoms with E-state index >= 15 is 0 Å². The Morgan fingerprint density at radius 2 is 1.82 bits per heavy atom. The maximum absolute atomic E-state index is 13.7. The Hall–Kier alpha value is -3.85. The van der Waals surface area contributed by atoms with Crippen LogP contribution in [0.4, 0.5) is 0 Å². The SMILES string of the molecule is COCCn1nnnc1C(c1cc2cccc(C)c2[nH]c1=O)N(Cc1ccccc1)Cc1ccccc1Cl. The summed E-state index contributed by atoms with van der Waals surface area (Å²) in [5.41, 5.74) is 4.23. The van der Waals surface area contributed by atoms with E-state index < -0.39 is 6.04 Å². The molecule has 0 saturated heterocycles. The average Bonchev–Trinajstić information content (AvgIpc) is 3.38. The van der Waals surface area contributed by atoms with Crippen molar-refractivity contribution in [2.75, 3.05) is 13.7 Å². The fourth-order valence-electron chi connectivity index (χ4n) is 4.75. The molecule has 1 unspecified atom stereocenters. The van der Waals surface area contributed by atoms with Gasteiger partial charge in [0, 0.05) is 30.8 Å². The van der Waals surface area contributed by atoms with Crippen LogP contribution in [-0.4, -0.2) is 43.8 Å². The largest absolute Gasteiger partial charge is 0.383 e. The molecule has 194 valence electrons. The Labute approximate surface area is 225 Å². The highest BCUT2D eigenvalue weighted by atomic mass is 35.5. The van der Waals surface area contributed by atoms with Gasteiger partial charge in [0.2, 0.25) is 0 Å². The Kier molecular flexibility index (Phi) is 7.93. The van der Waals surface area contributed by atoms with Gasteiger partial charge in [-0.05, 0) is 51.6 Å². The third-order valence-electron chi connectivity index (χ3n) is 6.65. The number of rotatable bonds is 10. The highest BCUT2D eigenvalue weighted by Crippen LogP contribution is 2.31. The summed E-state index contributed by atoms with van der Waals surface area (Å²) in [6, 6.07) is 25.2. The number of benzene rings is 3. The van der Waals surface area contributed by atoms with Gasteiger partial charge < -0.3 is 9.72 Å². The zero-order valence-electron chi connectivity index (χ0n) is 21.3. The van der Waals surface area contributed by atoms with E-state index in [1.807, 2.05) is 73.7 Å². The molecule has 1 N–H and O–H groups in total. The lowest BCUT2D eigenvalue weighted by Gasteiger charge is -2.31. The number of pyridine rings is 1. The Morgan fingerprint density at radius 1 is 1.03 bits per heavy atom. The number of aromatic nitrogens is 5. The number of halogens is 1. The second-order valence-electron chi connectivity index (χ2n) is 9.23. The number of aryl methyl sites for hydroxylation is 1. The number of aromatic amines is 1. The molecule has 0 saturated carbocycles. The van der Waals surface area contributed by atoms with Crippen LogP contribution in [0.2, 0.25) is 5.02 Å². The van der Waals surface area contributed by atoms with Gasteiger partial charge in [0.05, 0.1) is 18.7 Å². The van der Waals surface area contributed by atoms with E-state index in [-0.39, 0.29) is 5.56 Å². The molecule has 38 heavy (non-hydrogen) atoms. The molecule has 0 fully saturated rings. The van der Waals surface area contributed by atoms with E-state index in [1.165, 1.54) is 0 Å². The van der Waals surface area contributed by atoms with Crippen LogP contribution in [0.15, 0.2) is 83.7 Å². The second kappa shape index (κ2) is 11.7. The van der Waals surface area contributed by atoms with Crippen molar-refractivity contribution in [2.45, 2.75) is 32.6 Å². The van der Waals surface area contributed by atoms with E-state index in [2.05, 4.69) is 37.5 Å². The monoisotopic (exact) mass is 528 g/mol. The minimum Gasteiger partial charge on any atom is -0.383 e. The van der Waals surface area contributed by atoms with Crippen LogP contribution in [0, 0.1) is 6.92 Å². The van der Waals surface area contributed by atoms with Crippen LogP contribution in [-0.2, 0) is 24.4 Å². The number of H-pyrrole nitrogens is 1. The molecule has 2 heterocycles. The van der Waals surface area contributed by atoms with E-state index in [0.717, 1.165) is 27.6 Å². The highest BCUT2D eigenvalue weighted by molar-refractivity contribution is 6.31. The maximum atomic E-state index is 13.7. The number of methoxy groups -OCH3 is 1. The van der Waals surface area contributed by atoms with Crippen molar-refractivity contribution in [3.8, 4) is 0 Å². The van der Waals surface area contributed by atoms with Crippen molar-refractivity contribution in [1.82, 2.24) is 30.1 Å². The standard InChI is InChI=1S/C29H29ClN6O2/c1-20-9-8-13-22-17-24(29(37)31-26(20)22)27(28-32-33-34-36(28)15-16-38-2)35(18-21-10-4-3-5-11-21)19-23-12-6-7-14-25(23)30/h3-14,17,27H,15-16,18-19H2,1-2H3,(H,31,37). The molecule has 8 nitrogen and oxygen atoms in total. The first kappa shape index (κ1) is 25.8. The summed E-state index contributed by atoms with van der Waals surface area (Å²) in [6.45, 7) is 3.88. The number of ether oxygens (including phenoxy) is 1. The normalized spacial score (nSPS) is 12.3. The van der Waals surface area contributed by atoms with Gasteiger partial charge in [-0.1, -0.05) is 78.3 Å². The van der Waals surface area contributed by atoms with Crippen molar-refractivity contribution in [2.24, 2.45) is 0 Å². The van der Waals surface area contributed by atoms with Gasteiger partial charge in [-0.2, -0.15) is 0 Å². The third-order valence-corrected chi connectivity index (χ3v) is 7.02. The number of fused-ring (bicyclic) bond motifs is 1. The fraction of sp³-hybridized carbons (Fsp3) is 0.241. The highest BCUT2D eigenvalue weighted by Gasteiger charge is 2.31. The van der Waals surface area contributed by atoms with Crippen LogP contribution in [0.5, 0.6) is 0 Å². The van der Waals surface area contributed by atoms with E-state index in [1.54, 1.807) is 11.8 Å². The van der Waals surface area contributed by atoms with Gasteiger partial charge in [-0.3, -0.25) is 9.69 Å². The molecule has 0 amide bonds. The van der Waals surface area contributed by atoms with Crippen LogP contribution in [0.3, 0.4) is 0 Å². The maximum Gasteiger partial charge on any atom is 0.253 e. The minimum absolute atomic E-state index is 0.185. The Balaban J connectivity index is 1.71. The lowest BCUT2D eigenvalue weighted by atomic mass is 10.0. The van der Waals surface area contributed by atoms with Gasteiger partial charge in [0.15, 0.2) is 5.82 Å². The average molecular weight is 529 g/mol. The molecule has 0 radical (unpaired) electrons.